The van der Waals surface area contributed by atoms with E-state index >= 15 is 0 Å². The van der Waals surface area contributed by atoms with E-state index in [1.807, 2.05) is 30.3 Å². The Balaban J connectivity index is 1.36. The summed E-state index contributed by atoms with van der Waals surface area (Å²) in [6.45, 7) is 3.82. The van der Waals surface area contributed by atoms with Crippen LogP contribution in [0.5, 0.6) is 0 Å². The second kappa shape index (κ2) is 8.79. The first-order chi connectivity index (χ1) is 15.0. The molecule has 2 aliphatic heterocycles. The number of imide groups is 1. The SMILES string of the molecule is C[C@]1(c2ccccc2)NC(=O)N(CC(=O)NCc2cccc(N3CCCCC3)c2)C1=O. The molecule has 0 aliphatic carbocycles. The summed E-state index contributed by atoms with van der Waals surface area (Å²) in [5.74, 6) is -0.796. The van der Waals surface area contributed by atoms with Crippen LogP contribution in [0.1, 0.15) is 37.3 Å². The summed E-state index contributed by atoms with van der Waals surface area (Å²) in [5.41, 5.74) is 1.68. The van der Waals surface area contributed by atoms with E-state index in [-0.39, 0.29) is 12.5 Å². The van der Waals surface area contributed by atoms with E-state index < -0.39 is 17.5 Å². The van der Waals surface area contributed by atoms with Gasteiger partial charge in [0.25, 0.3) is 5.91 Å². The summed E-state index contributed by atoms with van der Waals surface area (Å²) in [5, 5.41) is 5.55. The molecule has 0 bridgehead atoms. The van der Waals surface area contributed by atoms with Crippen LogP contribution in [0.25, 0.3) is 0 Å². The number of nitrogens with one attached hydrogen (secondary N) is 2. The van der Waals surface area contributed by atoms with Crippen LogP contribution < -0.4 is 15.5 Å². The van der Waals surface area contributed by atoms with Crippen molar-refractivity contribution in [1.29, 1.82) is 0 Å². The lowest BCUT2D eigenvalue weighted by molar-refractivity contribution is -0.134. The first-order valence-corrected chi connectivity index (χ1v) is 10.8. The van der Waals surface area contributed by atoms with Crippen molar-refractivity contribution in [2.24, 2.45) is 0 Å². The van der Waals surface area contributed by atoms with E-state index in [1.54, 1.807) is 19.1 Å². The summed E-state index contributed by atoms with van der Waals surface area (Å²) >= 11 is 0. The molecule has 2 fully saturated rings. The number of nitrogens with zero attached hydrogens (tertiary/aromatic N) is 2. The summed E-state index contributed by atoms with van der Waals surface area (Å²) < 4.78 is 0. The molecule has 0 unspecified atom stereocenters. The van der Waals surface area contributed by atoms with E-state index in [1.165, 1.54) is 24.9 Å². The van der Waals surface area contributed by atoms with Crippen LogP contribution in [0, 0.1) is 0 Å². The monoisotopic (exact) mass is 420 g/mol. The highest BCUT2D eigenvalue weighted by Gasteiger charge is 2.49. The van der Waals surface area contributed by atoms with Gasteiger partial charge in [-0.15, -0.1) is 0 Å². The highest BCUT2D eigenvalue weighted by molar-refractivity contribution is 6.09. The van der Waals surface area contributed by atoms with Gasteiger partial charge in [-0.1, -0.05) is 42.5 Å². The number of hydrogen-bond acceptors (Lipinski definition) is 4. The minimum Gasteiger partial charge on any atom is -0.372 e. The molecule has 4 rings (SSSR count). The molecule has 4 amide bonds. The van der Waals surface area contributed by atoms with Crippen molar-refractivity contribution < 1.29 is 14.4 Å². The maximum atomic E-state index is 12.9. The Kier molecular flexibility index (Phi) is 5.93. The number of anilines is 1. The third-order valence-corrected chi connectivity index (χ3v) is 6.05. The zero-order chi connectivity index (χ0) is 21.8. The third kappa shape index (κ3) is 4.40. The number of hydrogen-bond donors (Lipinski definition) is 2. The fourth-order valence-corrected chi connectivity index (χ4v) is 4.22. The largest absolute Gasteiger partial charge is 0.372 e. The van der Waals surface area contributed by atoms with Gasteiger partial charge < -0.3 is 15.5 Å². The summed E-state index contributed by atoms with van der Waals surface area (Å²) in [4.78, 5) is 41.2. The Labute approximate surface area is 182 Å². The van der Waals surface area contributed by atoms with Gasteiger partial charge in [-0.25, -0.2) is 4.79 Å². The minimum absolute atomic E-state index is 0.307. The number of rotatable bonds is 6. The van der Waals surface area contributed by atoms with Crippen LogP contribution in [0.2, 0.25) is 0 Å². The molecule has 2 aromatic carbocycles. The van der Waals surface area contributed by atoms with Gasteiger partial charge in [-0.3, -0.25) is 14.5 Å². The highest BCUT2D eigenvalue weighted by atomic mass is 16.2. The molecular formula is C24H28N4O3. The topological polar surface area (TPSA) is 81.8 Å². The van der Waals surface area contributed by atoms with Crippen molar-refractivity contribution >= 4 is 23.5 Å². The molecule has 0 aromatic heterocycles. The Morgan fingerprint density at radius 1 is 1.03 bits per heavy atom. The number of carbonyl (C=O) groups excluding carboxylic acids is 3. The molecule has 7 heteroatoms. The van der Waals surface area contributed by atoms with Crippen molar-refractivity contribution in [2.75, 3.05) is 24.5 Å². The molecule has 0 saturated carbocycles. The standard InChI is InChI=1S/C24H28N4O3/c1-24(19-10-4-2-5-11-19)22(30)28(23(31)26-24)17-21(29)25-16-18-9-8-12-20(15-18)27-13-6-3-7-14-27/h2,4-5,8-12,15H,3,6-7,13-14,16-17H2,1H3,(H,25,29)(H,26,31)/t24-/m1/s1. The van der Waals surface area contributed by atoms with Crippen LogP contribution in [0.15, 0.2) is 54.6 Å². The Morgan fingerprint density at radius 3 is 2.52 bits per heavy atom. The molecule has 31 heavy (non-hydrogen) atoms. The molecule has 2 saturated heterocycles. The highest BCUT2D eigenvalue weighted by Crippen LogP contribution is 2.28. The van der Waals surface area contributed by atoms with Gasteiger partial charge in [0.2, 0.25) is 5.91 Å². The third-order valence-electron chi connectivity index (χ3n) is 6.05. The number of carbonyl (C=O) groups is 3. The molecule has 2 aromatic rings. The maximum absolute atomic E-state index is 12.9. The summed E-state index contributed by atoms with van der Waals surface area (Å²) in [6.07, 6.45) is 3.68. The first-order valence-electron chi connectivity index (χ1n) is 10.8. The van der Waals surface area contributed by atoms with E-state index in [4.69, 9.17) is 0 Å². The van der Waals surface area contributed by atoms with Gasteiger partial charge >= 0.3 is 6.03 Å². The fraction of sp³-hybridized carbons (Fsp3) is 0.375. The van der Waals surface area contributed by atoms with Crippen molar-refractivity contribution in [3.05, 3.63) is 65.7 Å². The number of amides is 4. The molecular weight excluding hydrogens is 392 g/mol. The summed E-state index contributed by atoms with van der Waals surface area (Å²) in [7, 11) is 0. The van der Waals surface area contributed by atoms with Gasteiger partial charge in [0, 0.05) is 25.3 Å². The molecule has 0 radical (unpaired) electrons. The molecule has 1 atom stereocenters. The van der Waals surface area contributed by atoms with Crippen LogP contribution in [-0.2, 0) is 21.7 Å². The quantitative estimate of drug-likeness (QED) is 0.704. The first kappa shape index (κ1) is 20.9. The van der Waals surface area contributed by atoms with Crippen LogP contribution in [-0.4, -0.2) is 42.4 Å². The zero-order valence-electron chi connectivity index (χ0n) is 17.8. The average Bonchev–Trinajstić information content (AvgIpc) is 3.03. The molecule has 0 spiro atoms. The van der Waals surface area contributed by atoms with E-state index in [0.717, 1.165) is 23.6 Å². The second-order valence-electron chi connectivity index (χ2n) is 8.31. The van der Waals surface area contributed by atoms with Gasteiger partial charge in [0.15, 0.2) is 0 Å². The minimum atomic E-state index is -1.17. The van der Waals surface area contributed by atoms with Crippen molar-refractivity contribution in [3.63, 3.8) is 0 Å². The fourth-order valence-electron chi connectivity index (χ4n) is 4.22. The maximum Gasteiger partial charge on any atom is 0.325 e. The van der Waals surface area contributed by atoms with Crippen molar-refractivity contribution in [1.82, 2.24) is 15.5 Å². The Morgan fingerprint density at radius 2 is 1.77 bits per heavy atom. The molecule has 2 N–H and O–H groups in total. The van der Waals surface area contributed by atoms with E-state index in [0.29, 0.717) is 12.1 Å². The summed E-state index contributed by atoms with van der Waals surface area (Å²) in [6, 6.07) is 16.6. The normalized spacial score (nSPS) is 21.2. The average molecular weight is 421 g/mol. The molecule has 7 nitrogen and oxygen atoms in total. The number of urea groups is 1. The van der Waals surface area contributed by atoms with Crippen LogP contribution in [0.3, 0.4) is 0 Å². The lowest BCUT2D eigenvalue weighted by Gasteiger charge is -2.29. The predicted molar refractivity (Wildman–Crippen MR) is 118 cm³/mol. The zero-order valence-corrected chi connectivity index (χ0v) is 17.8. The van der Waals surface area contributed by atoms with E-state index in [9.17, 15) is 14.4 Å². The van der Waals surface area contributed by atoms with E-state index in [2.05, 4.69) is 27.7 Å². The van der Waals surface area contributed by atoms with Gasteiger partial charge in [-0.2, -0.15) is 0 Å². The van der Waals surface area contributed by atoms with Crippen molar-refractivity contribution in [3.8, 4) is 0 Å². The van der Waals surface area contributed by atoms with Gasteiger partial charge in [0.05, 0.1) is 0 Å². The smallest absolute Gasteiger partial charge is 0.325 e. The Hall–Kier alpha value is -3.35. The molecule has 2 aliphatic rings. The second-order valence-corrected chi connectivity index (χ2v) is 8.31. The number of benzene rings is 2. The molecule has 162 valence electrons. The number of piperidine rings is 1. The predicted octanol–water partition coefficient (Wildman–Crippen LogP) is 2.76. The molecule has 2 heterocycles. The van der Waals surface area contributed by atoms with Gasteiger partial charge in [0.1, 0.15) is 12.1 Å². The Bertz CT molecular complexity index is 972. The van der Waals surface area contributed by atoms with Crippen molar-refractivity contribution in [2.45, 2.75) is 38.3 Å². The van der Waals surface area contributed by atoms with Gasteiger partial charge in [-0.05, 0) is 49.4 Å². The van der Waals surface area contributed by atoms with Crippen LogP contribution >= 0.6 is 0 Å². The lowest BCUT2D eigenvalue weighted by atomic mass is 9.92. The lowest BCUT2D eigenvalue weighted by Crippen LogP contribution is -2.43. The van der Waals surface area contributed by atoms with Crippen LogP contribution in [0.4, 0.5) is 10.5 Å².